The summed E-state index contributed by atoms with van der Waals surface area (Å²) in [4.78, 5) is 0. The minimum atomic E-state index is -0.583. The van der Waals surface area contributed by atoms with E-state index in [9.17, 15) is 5.11 Å². The summed E-state index contributed by atoms with van der Waals surface area (Å²) in [6.45, 7) is 12.4. The Hall–Kier alpha value is -0.120. The van der Waals surface area contributed by atoms with Gasteiger partial charge in [-0.2, -0.15) is 0 Å². The fourth-order valence-electron chi connectivity index (χ4n) is 1.30. The van der Waals surface area contributed by atoms with Crippen molar-refractivity contribution in [1.29, 1.82) is 0 Å². The summed E-state index contributed by atoms with van der Waals surface area (Å²) in [5.74, 6) is 0.554. The van der Waals surface area contributed by atoms with Crippen molar-refractivity contribution in [1.82, 2.24) is 5.32 Å². The monoisotopic (exact) mass is 217 g/mol. The zero-order chi connectivity index (χ0) is 11.9. The molecule has 0 saturated heterocycles. The quantitative estimate of drug-likeness (QED) is 0.651. The van der Waals surface area contributed by atoms with Crippen LogP contribution in [0.15, 0.2) is 0 Å². The molecule has 0 heterocycles. The highest BCUT2D eigenvalue weighted by Crippen LogP contribution is 2.07. The van der Waals surface area contributed by atoms with Crippen LogP contribution in [0.2, 0.25) is 0 Å². The molecular weight excluding hydrogens is 190 g/mol. The maximum absolute atomic E-state index is 9.57. The summed E-state index contributed by atoms with van der Waals surface area (Å²) in [5.41, 5.74) is -0.583. The second-order valence-corrected chi connectivity index (χ2v) is 5.03. The molecule has 0 fully saturated rings. The molecule has 1 atom stereocenters. The number of ether oxygens (including phenoxy) is 1. The van der Waals surface area contributed by atoms with Crippen LogP contribution in [0.3, 0.4) is 0 Å². The van der Waals surface area contributed by atoms with E-state index >= 15 is 0 Å². The average molecular weight is 217 g/mol. The van der Waals surface area contributed by atoms with Gasteiger partial charge in [0.15, 0.2) is 0 Å². The van der Waals surface area contributed by atoms with Crippen LogP contribution in [0.25, 0.3) is 0 Å². The van der Waals surface area contributed by atoms with Crippen molar-refractivity contribution >= 4 is 0 Å². The Kier molecular flexibility index (Phi) is 7.14. The summed E-state index contributed by atoms with van der Waals surface area (Å²) in [6.07, 6.45) is 0.766. The predicted molar refractivity (Wildman–Crippen MR) is 64.0 cm³/mol. The summed E-state index contributed by atoms with van der Waals surface area (Å²) in [5, 5.41) is 13.0. The molecule has 0 aliphatic rings. The number of hydrogen-bond donors (Lipinski definition) is 2. The fraction of sp³-hybridized carbons (Fsp3) is 1.00. The second kappa shape index (κ2) is 7.20. The smallest absolute Gasteiger partial charge is 0.0621 e. The van der Waals surface area contributed by atoms with Gasteiger partial charge in [0.25, 0.3) is 0 Å². The molecule has 0 saturated carbocycles. The van der Waals surface area contributed by atoms with Crippen molar-refractivity contribution < 1.29 is 9.84 Å². The second-order valence-electron chi connectivity index (χ2n) is 5.03. The highest BCUT2D eigenvalue weighted by molar-refractivity contribution is 4.73. The molecular formula is C12H27NO2. The van der Waals surface area contributed by atoms with Gasteiger partial charge in [0.1, 0.15) is 0 Å². The predicted octanol–water partition coefficient (Wildman–Crippen LogP) is 1.80. The highest BCUT2D eigenvalue weighted by Gasteiger charge is 2.16. The molecule has 92 valence electrons. The molecule has 2 N–H and O–H groups in total. The first-order valence-corrected chi connectivity index (χ1v) is 5.90. The lowest BCUT2D eigenvalue weighted by molar-refractivity contribution is 0.0647. The number of rotatable bonds is 8. The third-order valence-electron chi connectivity index (χ3n) is 2.45. The molecule has 1 unspecified atom stereocenters. The van der Waals surface area contributed by atoms with E-state index < -0.39 is 5.60 Å². The standard InChI is InChI=1S/C12H27NO2/c1-6-15-9-11(10(2)3)13-8-7-12(4,5)14/h10-11,13-14H,6-9H2,1-5H3. The summed E-state index contributed by atoms with van der Waals surface area (Å²) in [6, 6.07) is 0.382. The molecule has 0 aromatic carbocycles. The summed E-state index contributed by atoms with van der Waals surface area (Å²) in [7, 11) is 0. The maximum Gasteiger partial charge on any atom is 0.0621 e. The lowest BCUT2D eigenvalue weighted by Gasteiger charge is -2.24. The first-order chi connectivity index (χ1) is 6.87. The van der Waals surface area contributed by atoms with E-state index in [1.165, 1.54) is 0 Å². The molecule has 0 amide bonds. The molecule has 0 aromatic heterocycles. The van der Waals surface area contributed by atoms with Crippen molar-refractivity contribution in [2.45, 2.75) is 52.7 Å². The molecule has 15 heavy (non-hydrogen) atoms. The molecule has 0 bridgehead atoms. The number of aliphatic hydroxyl groups is 1. The minimum Gasteiger partial charge on any atom is -0.390 e. The Morgan fingerprint density at radius 2 is 1.93 bits per heavy atom. The van der Waals surface area contributed by atoms with Crippen molar-refractivity contribution in [2.24, 2.45) is 5.92 Å². The van der Waals surface area contributed by atoms with E-state index in [4.69, 9.17) is 4.74 Å². The first kappa shape index (κ1) is 14.9. The Labute approximate surface area is 94.2 Å². The number of nitrogens with one attached hydrogen (secondary N) is 1. The summed E-state index contributed by atoms with van der Waals surface area (Å²) >= 11 is 0. The molecule has 0 aromatic rings. The van der Waals surface area contributed by atoms with Gasteiger partial charge >= 0.3 is 0 Å². The summed E-state index contributed by atoms with van der Waals surface area (Å²) < 4.78 is 5.41. The molecule has 0 radical (unpaired) electrons. The Bertz CT molecular complexity index is 152. The van der Waals surface area contributed by atoms with E-state index in [1.54, 1.807) is 0 Å². The zero-order valence-corrected chi connectivity index (χ0v) is 10.8. The average Bonchev–Trinajstić information content (AvgIpc) is 2.08. The highest BCUT2D eigenvalue weighted by atomic mass is 16.5. The van der Waals surface area contributed by atoms with Gasteiger partial charge in [-0.1, -0.05) is 13.8 Å². The van der Waals surface area contributed by atoms with Crippen LogP contribution in [0.5, 0.6) is 0 Å². The van der Waals surface area contributed by atoms with Crippen LogP contribution in [-0.2, 0) is 4.74 Å². The van der Waals surface area contributed by atoms with E-state index in [2.05, 4.69) is 19.2 Å². The Balaban J connectivity index is 3.76. The molecule has 0 rings (SSSR count). The Morgan fingerprint density at radius 3 is 2.33 bits per heavy atom. The third-order valence-corrected chi connectivity index (χ3v) is 2.45. The van der Waals surface area contributed by atoms with Crippen molar-refractivity contribution in [3.8, 4) is 0 Å². The largest absolute Gasteiger partial charge is 0.390 e. The van der Waals surface area contributed by atoms with Gasteiger partial charge in [-0.3, -0.25) is 0 Å². The Morgan fingerprint density at radius 1 is 1.33 bits per heavy atom. The topological polar surface area (TPSA) is 41.5 Å². The van der Waals surface area contributed by atoms with Crippen molar-refractivity contribution in [3.05, 3.63) is 0 Å². The molecule has 0 aliphatic carbocycles. The van der Waals surface area contributed by atoms with Crippen LogP contribution in [-0.4, -0.2) is 36.5 Å². The van der Waals surface area contributed by atoms with Crippen molar-refractivity contribution in [3.63, 3.8) is 0 Å². The van der Waals surface area contributed by atoms with Crippen LogP contribution < -0.4 is 5.32 Å². The molecule has 0 aliphatic heterocycles. The third kappa shape index (κ3) is 8.85. The lowest BCUT2D eigenvalue weighted by Crippen LogP contribution is -2.40. The van der Waals surface area contributed by atoms with E-state index in [1.807, 2.05) is 20.8 Å². The van der Waals surface area contributed by atoms with Gasteiger partial charge in [-0.15, -0.1) is 0 Å². The van der Waals surface area contributed by atoms with Crippen LogP contribution in [0, 0.1) is 5.92 Å². The van der Waals surface area contributed by atoms with Crippen LogP contribution in [0.4, 0.5) is 0 Å². The maximum atomic E-state index is 9.57. The zero-order valence-electron chi connectivity index (χ0n) is 10.8. The molecule has 0 spiro atoms. The van der Waals surface area contributed by atoms with Gasteiger partial charge in [-0.25, -0.2) is 0 Å². The van der Waals surface area contributed by atoms with Crippen molar-refractivity contribution in [2.75, 3.05) is 19.8 Å². The molecule has 3 nitrogen and oxygen atoms in total. The van der Waals surface area contributed by atoms with E-state index in [0.29, 0.717) is 12.0 Å². The van der Waals surface area contributed by atoms with E-state index in [0.717, 1.165) is 26.2 Å². The SMILES string of the molecule is CCOCC(NCCC(C)(C)O)C(C)C. The first-order valence-electron chi connectivity index (χ1n) is 5.90. The van der Waals surface area contributed by atoms with Crippen LogP contribution >= 0.6 is 0 Å². The normalized spacial score (nSPS) is 14.6. The fourth-order valence-corrected chi connectivity index (χ4v) is 1.30. The van der Waals surface area contributed by atoms with Gasteiger partial charge in [0.2, 0.25) is 0 Å². The van der Waals surface area contributed by atoms with Gasteiger partial charge < -0.3 is 15.2 Å². The van der Waals surface area contributed by atoms with Gasteiger partial charge in [0, 0.05) is 12.6 Å². The minimum absolute atomic E-state index is 0.382. The van der Waals surface area contributed by atoms with Crippen LogP contribution in [0.1, 0.15) is 41.0 Å². The van der Waals surface area contributed by atoms with E-state index in [-0.39, 0.29) is 0 Å². The number of hydrogen-bond acceptors (Lipinski definition) is 3. The van der Waals surface area contributed by atoms with Gasteiger partial charge in [0.05, 0.1) is 12.2 Å². The lowest BCUT2D eigenvalue weighted by atomic mass is 10.0. The van der Waals surface area contributed by atoms with Gasteiger partial charge in [-0.05, 0) is 39.7 Å². The molecule has 3 heteroatoms.